The largest absolute Gasteiger partial charge is 0.328 e. The van der Waals surface area contributed by atoms with Crippen LogP contribution in [0.2, 0.25) is 10.0 Å². The minimum atomic E-state index is 0.320. The summed E-state index contributed by atoms with van der Waals surface area (Å²) in [5, 5.41) is 4.85. The highest BCUT2D eigenvalue weighted by Crippen LogP contribution is 2.34. The Morgan fingerprint density at radius 1 is 1.17 bits per heavy atom. The lowest BCUT2D eigenvalue weighted by Crippen LogP contribution is -2.46. The summed E-state index contributed by atoms with van der Waals surface area (Å²) < 4.78 is 0. The van der Waals surface area contributed by atoms with Gasteiger partial charge in [0, 0.05) is 31.7 Å². The van der Waals surface area contributed by atoms with Crippen LogP contribution in [0.25, 0.3) is 0 Å². The smallest absolute Gasteiger partial charge is 0.0640 e. The van der Waals surface area contributed by atoms with Crippen molar-refractivity contribution in [1.29, 1.82) is 0 Å². The quantitative estimate of drug-likeness (QED) is 0.861. The highest BCUT2D eigenvalue weighted by Gasteiger charge is 2.27. The second-order valence-electron chi connectivity index (χ2n) is 6.97. The first kappa shape index (κ1) is 17.5. The molecule has 2 fully saturated rings. The average molecular weight is 356 g/mol. The zero-order chi connectivity index (χ0) is 16.2. The first-order valence-corrected chi connectivity index (χ1v) is 9.55. The molecule has 0 bridgehead atoms. The number of nitrogens with one attached hydrogen (secondary N) is 1. The molecule has 1 aliphatic heterocycles. The van der Waals surface area contributed by atoms with Crippen LogP contribution in [0.15, 0.2) is 18.2 Å². The summed E-state index contributed by atoms with van der Waals surface area (Å²) in [4.78, 5) is 2.57. The average Bonchev–Trinajstić information content (AvgIpc) is 2.57. The van der Waals surface area contributed by atoms with Crippen molar-refractivity contribution in [3.05, 3.63) is 33.8 Å². The normalized spacial score (nSPS) is 29.6. The van der Waals surface area contributed by atoms with Gasteiger partial charge in [0.05, 0.1) is 10.0 Å². The van der Waals surface area contributed by atoms with Crippen LogP contribution in [0.3, 0.4) is 0 Å². The van der Waals surface area contributed by atoms with Gasteiger partial charge in [0.25, 0.3) is 0 Å². The first-order valence-electron chi connectivity index (χ1n) is 8.79. The number of hydrogen-bond acceptors (Lipinski definition) is 3. The number of benzene rings is 1. The van der Waals surface area contributed by atoms with Gasteiger partial charge in [-0.05, 0) is 56.2 Å². The molecule has 1 saturated carbocycles. The van der Waals surface area contributed by atoms with Gasteiger partial charge in [0.1, 0.15) is 0 Å². The van der Waals surface area contributed by atoms with Crippen molar-refractivity contribution in [2.45, 2.75) is 44.2 Å². The molecule has 23 heavy (non-hydrogen) atoms. The van der Waals surface area contributed by atoms with Gasteiger partial charge in [-0.3, -0.25) is 4.90 Å². The molecule has 0 spiro atoms. The van der Waals surface area contributed by atoms with Crippen LogP contribution >= 0.6 is 23.2 Å². The summed E-state index contributed by atoms with van der Waals surface area (Å²) in [5.41, 5.74) is 7.17. The maximum Gasteiger partial charge on any atom is 0.0640 e. The van der Waals surface area contributed by atoms with Crippen molar-refractivity contribution in [2.75, 3.05) is 26.2 Å². The van der Waals surface area contributed by atoms with Gasteiger partial charge in [-0.15, -0.1) is 0 Å². The molecule has 1 aromatic carbocycles. The first-order chi connectivity index (χ1) is 11.1. The number of hydrogen-bond donors (Lipinski definition) is 2. The van der Waals surface area contributed by atoms with Gasteiger partial charge in [0.15, 0.2) is 0 Å². The zero-order valence-corrected chi connectivity index (χ0v) is 15.1. The van der Waals surface area contributed by atoms with Crippen LogP contribution in [-0.2, 0) is 0 Å². The fraction of sp³-hybridized carbons (Fsp3) is 0.667. The summed E-state index contributed by atoms with van der Waals surface area (Å²) in [6.45, 7) is 4.19. The van der Waals surface area contributed by atoms with E-state index in [0.29, 0.717) is 22.1 Å². The SMILES string of the molecule is NC1CCC(CCN2CCNCC2c2cccc(Cl)c2Cl)CC1. The van der Waals surface area contributed by atoms with E-state index in [9.17, 15) is 0 Å². The number of rotatable bonds is 4. The van der Waals surface area contributed by atoms with Crippen molar-refractivity contribution in [2.24, 2.45) is 11.7 Å². The summed E-state index contributed by atoms with van der Waals surface area (Å²) in [6, 6.07) is 6.72. The number of halogens is 2. The lowest BCUT2D eigenvalue weighted by atomic mass is 9.84. The molecule has 5 heteroatoms. The molecule has 3 N–H and O–H groups in total. The predicted molar refractivity (Wildman–Crippen MR) is 98.2 cm³/mol. The summed E-state index contributed by atoms with van der Waals surface area (Å²) >= 11 is 12.7. The Morgan fingerprint density at radius 3 is 2.74 bits per heavy atom. The summed E-state index contributed by atoms with van der Waals surface area (Å²) in [7, 11) is 0. The highest BCUT2D eigenvalue weighted by atomic mass is 35.5. The molecule has 1 saturated heterocycles. The molecule has 0 aromatic heterocycles. The van der Waals surface area contributed by atoms with E-state index in [-0.39, 0.29) is 0 Å². The van der Waals surface area contributed by atoms with E-state index in [1.807, 2.05) is 12.1 Å². The van der Waals surface area contributed by atoms with Crippen LogP contribution in [-0.4, -0.2) is 37.1 Å². The Kier molecular flexibility index (Phi) is 6.22. The van der Waals surface area contributed by atoms with Crippen molar-refractivity contribution in [1.82, 2.24) is 10.2 Å². The third-order valence-electron chi connectivity index (χ3n) is 5.41. The Labute approximate surface area is 149 Å². The van der Waals surface area contributed by atoms with E-state index in [1.54, 1.807) is 0 Å². The van der Waals surface area contributed by atoms with Crippen molar-refractivity contribution < 1.29 is 0 Å². The second kappa shape index (κ2) is 8.17. The Balaban J connectivity index is 1.63. The maximum absolute atomic E-state index is 6.46. The number of nitrogens with two attached hydrogens (primary N) is 1. The van der Waals surface area contributed by atoms with Crippen molar-refractivity contribution in [3.8, 4) is 0 Å². The van der Waals surface area contributed by atoms with E-state index >= 15 is 0 Å². The molecule has 2 aliphatic rings. The minimum absolute atomic E-state index is 0.320. The molecule has 0 amide bonds. The highest BCUT2D eigenvalue weighted by molar-refractivity contribution is 6.42. The second-order valence-corrected chi connectivity index (χ2v) is 7.75. The zero-order valence-electron chi connectivity index (χ0n) is 13.6. The molecular weight excluding hydrogens is 329 g/mol. The van der Waals surface area contributed by atoms with Crippen molar-refractivity contribution >= 4 is 23.2 Å². The third-order valence-corrected chi connectivity index (χ3v) is 6.24. The van der Waals surface area contributed by atoms with Crippen LogP contribution < -0.4 is 11.1 Å². The number of piperazine rings is 1. The van der Waals surface area contributed by atoms with E-state index in [0.717, 1.165) is 37.7 Å². The lowest BCUT2D eigenvalue weighted by Gasteiger charge is -2.38. The van der Waals surface area contributed by atoms with E-state index < -0.39 is 0 Å². The number of nitrogens with zero attached hydrogens (tertiary/aromatic N) is 1. The Hall–Kier alpha value is -0.320. The minimum Gasteiger partial charge on any atom is -0.328 e. The molecule has 3 nitrogen and oxygen atoms in total. The van der Waals surface area contributed by atoms with Crippen LogP contribution in [0, 0.1) is 5.92 Å². The summed E-state index contributed by atoms with van der Waals surface area (Å²) in [5.74, 6) is 0.833. The summed E-state index contributed by atoms with van der Waals surface area (Å²) in [6.07, 6.45) is 6.22. The van der Waals surface area contributed by atoms with E-state index in [4.69, 9.17) is 28.9 Å². The molecule has 128 valence electrons. The van der Waals surface area contributed by atoms with Gasteiger partial charge in [-0.1, -0.05) is 35.3 Å². The Morgan fingerprint density at radius 2 is 1.96 bits per heavy atom. The van der Waals surface area contributed by atoms with Crippen molar-refractivity contribution in [3.63, 3.8) is 0 Å². The standard InChI is InChI=1S/C18H27Cl2N3/c19-16-3-1-2-15(18(16)20)17-12-22-9-11-23(17)10-8-13-4-6-14(21)7-5-13/h1-3,13-14,17,22H,4-12,21H2. The molecule has 1 aliphatic carbocycles. The van der Waals surface area contributed by atoms with Crippen LogP contribution in [0.1, 0.15) is 43.7 Å². The van der Waals surface area contributed by atoms with Crippen LogP contribution in [0.4, 0.5) is 0 Å². The van der Waals surface area contributed by atoms with Gasteiger partial charge in [-0.25, -0.2) is 0 Å². The maximum atomic E-state index is 6.46. The van der Waals surface area contributed by atoms with E-state index in [1.165, 1.54) is 32.1 Å². The third kappa shape index (κ3) is 4.40. The van der Waals surface area contributed by atoms with Crippen LogP contribution in [0.5, 0.6) is 0 Å². The molecule has 0 radical (unpaired) electrons. The molecule has 1 aromatic rings. The topological polar surface area (TPSA) is 41.3 Å². The van der Waals surface area contributed by atoms with Gasteiger partial charge in [0.2, 0.25) is 0 Å². The molecule has 1 unspecified atom stereocenters. The fourth-order valence-corrected chi connectivity index (χ4v) is 4.36. The molecule has 1 heterocycles. The lowest BCUT2D eigenvalue weighted by molar-refractivity contribution is 0.144. The Bertz CT molecular complexity index is 515. The van der Waals surface area contributed by atoms with Gasteiger partial charge in [-0.2, -0.15) is 0 Å². The molecular formula is C18H27Cl2N3. The monoisotopic (exact) mass is 355 g/mol. The van der Waals surface area contributed by atoms with Gasteiger partial charge >= 0.3 is 0 Å². The fourth-order valence-electron chi connectivity index (χ4n) is 3.92. The van der Waals surface area contributed by atoms with Gasteiger partial charge < -0.3 is 11.1 Å². The van der Waals surface area contributed by atoms with E-state index in [2.05, 4.69) is 16.3 Å². The molecule has 1 atom stereocenters. The predicted octanol–water partition coefficient (Wildman–Crippen LogP) is 3.85. The molecule has 3 rings (SSSR count).